The van der Waals surface area contributed by atoms with Crippen LogP contribution < -0.4 is 29.6 Å². The fraction of sp³-hybridized carbons (Fsp3) is 0. The van der Waals surface area contributed by atoms with Crippen molar-refractivity contribution in [3.63, 3.8) is 0 Å². The first-order chi connectivity index (χ1) is 4.33. The quantitative estimate of drug-likeness (QED) is 0.379. The van der Waals surface area contributed by atoms with Crippen molar-refractivity contribution in [3.05, 3.63) is 29.8 Å². The van der Waals surface area contributed by atoms with E-state index in [1.807, 2.05) is 0 Å². The van der Waals surface area contributed by atoms with Crippen LogP contribution in [0.5, 0.6) is 5.75 Å². The minimum absolute atomic E-state index is 0. The van der Waals surface area contributed by atoms with Crippen LogP contribution in [0.1, 0.15) is 11.8 Å². The number of benzene rings is 1. The first-order valence-corrected chi connectivity index (χ1v) is 2.57. The van der Waals surface area contributed by atoms with E-state index in [1.165, 1.54) is 12.1 Å². The molecule has 0 atom stereocenters. The Morgan fingerprint density at radius 3 is 2.20 bits per heavy atom. The molecule has 0 aromatic heterocycles. The molecule has 0 amide bonds. The first kappa shape index (κ1) is 9.69. The van der Waals surface area contributed by atoms with Crippen molar-refractivity contribution in [2.45, 2.75) is 0 Å². The fourth-order valence-corrected chi connectivity index (χ4v) is 0.553. The van der Waals surface area contributed by atoms with Crippen LogP contribution in [0.25, 0.3) is 0 Å². The molecule has 0 heterocycles. The van der Waals surface area contributed by atoms with Crippen LogP contribution in [0.15, 0.2) is 24.3 Å². The molecule has 0 aliphatic rings. The van der Waals surface area contributed by atoms with Crippen LogP contribution >= 0.6 is 0 Å². The fourth-order valence-electron chi connectivity index (χ4n) is 0.553. The number of aldehydes is 1. The number of aromatic hydroxyl groups is 1. The Morgan fingerprint density at radius 2 is 1.80 bits per heavy atom. The van der Waals surface area contributed by atoms with Gasteiger partial charge in [0.1, 0.15) is 12.0 Å². The van der Waals surface area contributed by atoms with E-state index < -0.39 is 0 Å². The number of carbonyl (C=O) groups excluding carboxylic acids is 1. The molecular weight excluding hydrogens is 139 g/mol. The number of carbonyl (C=O) groups is 1. The van der Waals surface area contributed by atoms with E-state index in [9.17, 15) is 4.79 Å². The van der Waals surface area contributed by atoms with Gasteiger partial charge in [-0.25, -0.2) is 0 Å². The van der Waals surface area contributed by atoms with Crippen molar-refractivity contribution in [2.75, 3.05) is 0 Å². The number of hydrogen-bond donors (Lipinski definition) is 1. The normalized spacial score (nSPS) is 8.00. The van der Waals surface area contributed by atoms with Crippen LogP contribution in [0.2, 0.25) is 0 Å². The summed E-state index contributed by atoms with van der Waals surface area (Å²) in [6.07, 6.45) is 0.736. The third-order valence-electron chi connectivity index (χ3n) is 1.03. The van der Waals surface area contributed by atoms with Gasteiger partial charge in [-0.15, -0.1) is 0 Å². The summed E-state index contributed by atoms with van der Waals surface area (Å²) in [5, 5.41) is 8.74. The zero-order valence-corrected chi connectivity index (χ0v) is 7.74. The van der Waals surface area contributed by atoms with Gasteiger partial charge >= 0.3 is 29.6 Å². The monoisotopic (exact) mass is 146 g/mol. The molecule has 3 heteroatoms. The maximum absolute atomic E-state index is 10.0. The molecule has 10 heavy (non-hydrogen) atoms. The van der Waals surface area contributed by atoms with Crippen LogP contribution in [-0.4, -0.2) is 11.4 Å². The number of phenols is 1. The SMILES string of the molecule is O=Cc1ccc(O)cc1.[H-].[Na+]. The van der Waals surface area contributed by atoms with Gasteiger partial charge in [0.2, 0.25) is 0 Å². The maximum atomic E-state index is 10.0. The van der Waals surface area contributed by atoms with Crippen molar-refractivity contribution in [1.82, 2.24) is 0 Å². The van der Waals surface area contributed by atoms with E-state index >= 15 is 0 Å². The van der Waals surface area contributed by atoms with Crippen molar-refractivity contribution in [1.29, 1.82) is 0 Å². The summed E-state index contributed by atoms with van der Waals surface area (Å²) in [5.41, 5.74) is 0.577. The van der Waals surface area contributed by atoms with E-state index in [0.29, 0.717) is 5.56 Å². The largest absolute Gasteiger partial charge is 1.00 e. The molecule has 48 valence electrons. The third-order valence-corrected chi connectivity index (χ3v) is 1.03. The van der Waals surface area contributed by atoms with Gasteiger partial charge < -0.3 is 6.53 Å². The van der Waals surface area contributed by atoms with Crippen LogP contribution in [-0.2, 0) is 0 Å². The molecule has 0 radical (unpaired) electrons. The molecule has 0 unspecified atom stereocenters. The Bertz CT molecular complexity index is 210. The number of phenolic OH excluding ortho intramolecular Hbond substituents is 1. The molecule has 2 nitrogen and oxygen atoms in total. The van der Waals surface area contributed by atoms with Gasteiger partial charge in [0.05, 0.1) is 0 Å². The molecule has 0 fully saturated rings. The molecule has 0 saturated heterocycles. The zero-order valence-electron chi connectivity index (χ0n) is 6.74. The standard InChI is InChI=1S/C7H6O2.Na.H/c8-5-6-1-3-7(9)4-2-6;;/h1-5,9H;;/q;+1;-1. The molecule has 0 aliphatic heterocycles. The predicted molar refractivity (Wildman–Crippen MR) is 34.6 cm³/mol. The minimum atomic E-state index is 0. The average Bonchev–Trinajstić information content (AvgIpc) is 1.90. The Kier molecular flexibility index (Phi) is 4.36. The second-order valence-electron chi connectivity index (χ2n) is 1.71. The summed E-state index contributed by atoms with van der Waals surface area (Å²) in [6, 6.07) is 6.07. The molecule has 1 aromatic rings. The summed E-state index contributed by atoms with van der Waals surface area (Å²) in [5.74, 6) is 0.181. The Balaban J connectivity index is 0. The number of hydrogen-bond acceptors (Lipinski definition) is 2. The molecule has 0 saturated carbocycles. The minimum Gasteiger partial charge on any atom is -1.00 e. The van der Waals surface area contributed by atoms with Gasteiger partial charge in [0.25, 0.3) is 0 Å². The summed E-state index contributed by atoms with van der Waals surface area (Å²) < 4.78 is 0. The molecule has 1 aromatic carbocycles. The van der Waals surface area contributed by atoms with Gasteiger partial charge in [-0.2, -0.15) is 0 Å². The van der Waals surface area contributed by atoms with Gasteiger partial charge in [-0.1, -0.05) is 0 Å². The third kappa shape index (κ3) is 2.52. The molecule has 0 aliphatic carbocycles. The second kappa shape index (κ2) is 4.50. The number of rotatable bonds is 1. The van der Waals surface area contributed by atoms with Crippen LogP contribution in [0.3, 0.4) is 0 Å². The summed E-state index contributed by atoms with van der Waals surface area (Å²) >= 11 is 0. The predicted octanol–water partition coefficient (Wildman–Crippen LogP) is -1.68. The molecule has 0 spiro atoms. The topological polar surface area (TPSA) is 37.3 Å². The van der Waals surface area contributed by atoms with Crippen molar-refractivity contribution < 1.29 is 40.9 Å². The summed E-state index contributed by atoms with van der Waals surface area (Å²) in [4.78, 5) is 10.0. The molecule has 1 rings (SSSR count). The molecule has 1 N–H and O–H groups in total. The average molecular weight is 146 g/mol. The molecular formula is C7H7NaO2. The van der Waals surface area contributed by atoms with Crippen LogP contribution in [0.4, 0.5) is 0 Å². The van der Waals surface area contributed by atoms with Gasteiger partial charge in [-0.05, 0) is 24.3 Å². The van der Waals surface area contributed by atoms with Gasteiger partial charge in [-0.3, -0.25) is 4.79 Å². The van der Waals surface area contributed by atoms with Crippen molar-refractivity contribution in [2.24, 2.45) is 0 Å². The van der Waals surface area contributed by atoms with E-state index in [2.05, 4.69) is 0 Å². The van der Waals surface area contributed by atoms with E-state index in [1.54, 1.807) is 12.1 Å². The zero-order chi connectivity index (χ0) is 6.69. The summed E-state index contributed by atoms with van der Waals surface area (Å²) in [6.45, 7) is 0. The van der Waals surface area contributed by atoms with E-state index in [4.69, 9.17) is 5.11 Å². The van der Waals surface area contributed by atoms with E-state index in [0.717, 1.165) is 6.29 Å². The van der Waals surface area contributed by atoms with Crippen molar-refractivity contribution >= 4 is 6.29 Å². The van der Waals surface area contributed by atoms with Crippen LogP contribution in [0, 0.1) is 0 Å². The van der Waals surface area contributed by atoms with E-state index in [-0.39, 0.29) is 36.7 Å². The maximum Gasteiger partial charge on any atom is 1.00 e. The Labute approximate surface area is 82.7 Å². The Morgan fingerprint density at radius 1 is 1.30 bits per heavy atom. The second-order valence-corrected chi connectivity index (χ2v) is 1.71. The smallest absolute Gasteiger partial charge is 1.00 e. The summed E-state index contributed by atoms with van der Waals surface area (Å²) in [7, 11) is 0. The van der Waals surface area contributed by atoms with Gasteiger partial charge in [0.15, 0.2) is 0 Å². The molecule has 0 bridgehead atoms. The van der Waals surface area contributed by atoms with Gasteiger partial charge in [0, 0.05) is 5.56 Å². The van der Waals surface area contributed by atoms with Crippen molar-refractivity contribution in [3.8, 4) is 5.75 Å². The Hall–Kier alpha value is -0.310. The first-order valence-electron chi connectivity index (χ1n) is 2.57.